The molecule has 0 spiro atoms. The van der Waals surface area contributed by atoms with E-state index in [2.05, 4.69) is 34.8 Å². The predicted molar refractivity (Wildman–Crippen MR) is 45.0 cm³/mol. The molecule has 3 heteroatoms. The van der Waals surface area contributed by atoms with E-state index in [9.17, 15) is 0 Å². The molecule has 1 rings (SSSR count). The number of imidazole rings is 1. The van der Waals surface area contributed by atoms with Crippen LogP contribution in [0.3, 0.4) is 0 Å². The van der Waals surface area contributed by atoms with Crippen molar-refractivity contribution >= 4 is 15.9 Å². The molecule has 56 valence electrons. The van der Waals surface area contributed by atoms with Crippen LogP contribution in [0.25, 0.3) is 0 Å². The number of hydrogen-bond donors (Lipinski definition) is 0. The highest BCUT2D eigenvalue weighted by Gasteiger charge is 2.08. The maximum atomic E-state index is 4.23. The van der Waals surface area contributed by atoms with Gasteiger partial charge in [0.05, 0.1) is 12.0 Å². The van der Waals surface area contributed by atoms with Crippen molar-refractivity contribution in [3.05, 3.63) is 16.6 Å². The summed E-state index contributed by atoms with van der Waals surface area (Å²) in [5, 5.41) is 0. The van der Waals surface area contributed by atoms with E-state index in [0.717, 1.165) is 10.3 Å². The molecule has 0 unspecified atom stereocenters. The van der Waals surface area contributed by atoms with Gasteiger partial charge >= 0.3 is 0 Å². The van der Waals surface area contributed by atoms with E-state index in [4.69, 9.17) is 0 Å². The molecular formula is C7H11BrN2. The fraction of sp³-hybridized carbons (Fsp3) is 0.571. The molecule has 2 nitrogen and oxygen atoms in total. The molecule has 0 saturated carbocycles. The van der Waals surface area contributed by atoms with Gasteiger partial charge in [0.2, 0.25) is 0 Å². The first-order valence-corrected chi connectivity index (χ1v) is 4.09. The lowest BCUT2D eigenvalue weighted by atomic mass is 10.2. The Bertz CT molecular complexity index is 228. The van der Waals surface area contributed by atoms with Crippen LogP contribution < -0.4 is 0 Å². The quantitative estimate of drug-likeness (QED) is 0.684. The Labute approximate surface area is 69.4 Å². The van der Waals surface area contributed by atoms with Gasteiger partial charge in [-0.2, -0.15) is 0 Å². The maximum Gasteiger partial charge on any atom is 0.108 e. The van der Waals surface area contributed by atoms with Gasteiger partial charge in [-0.25, -0.2) is 4.98 Å². The van der Waals surface area contributed by atoms with E-state index in [1.165, 1.54) is 0 Å². The third kappa shape index (κ3) is 1.24. The molecule has 1 aromatic rings. The van der Waals surface area contributed by atoms with E-state index < -0.39 is 0 Å². The van der Waals surface area contributed by atoms with Gasteiger partial charge in [0.1, 0.15) is 4.60 Å². The number of halogens is 1. The first-order valence-electron chi connectivity index (χ1n) is 3.29. The molecule has 0 bridgehead atoms. The third-order valence-electron chi connectivity index (χ3n) is 1.44. The molecule has 0 aliphatic heterocycles. The Morgan fingerprint density at radius 1 is 1.60 bits per heavy atom. The summed E-state index contributed by atoms with van der Waals surface area (Å²) >= 11 is 3.45. The maximum absolute atomic E-state index is 4.23. The summed E-state index contributed by atoms with van der Waals surface area (Å²) < 4.78 is 3.05. The lowest BCUT2D eigenvalue weighted by Crippen LogP contribution is -1.89. The number of aromatic nitrogens is 2. The van der Waals surface area contributed by atoms with Gasteiger partial charge in [0.15, 0.2) is 0 Å². The first kappa shape index (κ1) is 7.79. The average Bonchev–Trinajstić information content (AvgIpc) is 2.14. The summed E-state index contributed by atoms with van der Waals surface area (Å²) in [6.45, 7) is 4.26. The summed E-state index contributed by atoms with van der Waals surface area (Å²) in [6.07, 6.45) is 1.82. The van der Waals surface area contributed by atoms with Gasteiger partial charge in [-0.15, -0.1) is 0 Å². The molecule has 0 atom stereocenters. The molecule has 0 fully saturated rings. The predicted octanol–water partition coefficient (Wildman–Crippen LogP) is 2.31. The SMILES string of the molecule is CC(C)c1ncn(C)c1Br. The van der Waals surface area contributed by atoms with Crippen LogP contribution in [0.1, 0.15) is 25.5 Å². The van der Waals surface area contributed by atoms with Crippen molar-refractivity contribution in [2.24, 2.45) is 7.05 Å². The number of rotatable bonds is 1. The zero-order chi connectivity index (χ0) is 7.72. The van der Waals surface area contributed by atoms with Crippen LogP contribution >= 0.6 is 15.9 Å². The molecule has 0 aromatic carbocycles. The summed E-state index contributed by atoms with van der Waals surface area (Å²) in [4.78, 5) is 4.23. The Morgan fingerprint density at radius 3 is 2.40 bits per heavy atom. The lowest BCUT2D eigenvalue weighted by molar-refractivity contribution is 0.817. The molecule has 10 heavy (non-hydrogen) atoms. The highest BCUT2D eigenvalue weighted by Crippen LogP contribution is 2.21. The van der Waals surface area contributed by atoms with Crippen LogP contribution in [0.5, 0.6) is 0 Å². The molecule has 0 aliphatic rings. The van der Waals surface area contributed by atoms with Crippen molar-refractivity contribution in [1.29, 1.82) is 0 Å². The highest BCUT2D eigenvalue weighted by atomic mass is 79.9. The van der Waals surface area contributed by atoms with Gasteiger partial charge in [0, 0.05) is 7.05 Å². The molecular weight excluding hydrogens is 192 g/mol. The smallest absolute Gasteiger partial charge is 0.108 e. The van der Waals surface area contributed by atoms with Crippen molar-refractivity contribution < 1.29 is 0 Å². The topological polar surface area (TPSA) is 17.8 Å². The van der Waals surface area contributed by atoms with Crippen molar-refractivity contribution in [3.8, 4) is 0 Å². The van der Waals surface area contributed by atoms with Crippen LogP contribution in [0.4, 0.5) is 0 Å². The Hall–Kier alpha value is -0.310. The summed E-state index contributed by atoms with van der Waals surface area (Å²) in [5.41, 5.74) is 1.13. The number of aryl methyl sites for hydroxylation is 1. The fourth-order valence-electron chi connectivity index (χ4n) is 0.821. The molecule has 0 aliphatic carbocycles. The lowest BCUT2D eigenvalue weighted by Gasteiger charge is -2.00. The highest BCUT2D eigenvalue weighted by molar-refractivity contribution is 9.10. The summed E-state index contributed by atoms with van der Waals surface area (Å²) in [6, 6.07) is 0. The van der Waals surface area contributed by atoms with Gasteiger partial charge in [-0.3, -0.25) is 0 Å². The van der Waals surface area contributed by atoms with Crippen LogP contribution in [0.2, 0.25) is 0 Å². The second kappa shape index (κ2) is 2.74. The fourth-order valence-corrected chi connectivity index (χ4v) is 1.47. The average molecular weight is 203 g/mol. The summed E-state index contributed by atoms with van der Waals surface area (Å²) in [7, 11) is 1.98. The normalized spacial score (nSPS) is 10.9. The molecule has 0 amide bonds. The minimum absolute atomic E-state index is 0.496. The van der Waals surface area contributed by atoms with Crippen molar-refractivity contribution in [1.82, 2.24) is 9.55 Å². The number of hydrogen-bond acceptors (Lipinski definition) is 1. The second-order valence-electron chi connectivity index (χ2n) is 2.69. The van der Waals surface area contributed by atoms with Crippen LogP contribution in [-0.2, 0) is 7.05 Å². The van der Waals surface area contributed by atoms with E-state index >= 15 is 0 Å². The van der Waals surface area contributed by atoms with E-state index in [0.29, 0.717) is 5.92 Å². The summed E-state index contributed by atoms with van der Waals surface area (Å²) in [5.74, 6) is 0.496. The molecule has 1 aromatic heterocycles. The minimum Gasteiger partial charge on any atom is -0.328 e. The standard InChI is InChI=1S/C7H11BrN2/c1-5(2)6-7(8)10(3)4-9-6/h4-5H,1-3H3. The van der Waals surface area contributed by atoms with Crippen LogP contribution in [0.15, 0.2) is 10.9 Å². The molecule has 1 heterocycles. The Kier molecular flexibility index (Phi) is 2.14. The Morgan fingerprint density at radius 2 is 2.20 bits per heavy atom. The van der Waals surface area contributed by atoms with Gasteiger partial charge in [0.25, 0.3) is 0 Å². The molecule has 0 saturated heterocycles. The largest absolute Gasteiger partial charge is 0.328 e. The van der Waals surface area contributed by atoms with Crippen LogP contribution in [-0.4, -0.2) is 9.55 Å². The van der Waals surface area contributed by atoms with Gasteiger partial charge in [-0.1, -0.05) is 13.8 Å². The minimum atomic E-state index is 0.496. The monoisotopic (exact) mass is 202 g/mol. The zero-order valence-corrected chi connectivity index (χ0v) is 8.01. The van der Waals surface area contributed by atoms with E-state index in [1.54, 1.807) is 0 Å². The second-order valence-corrected chi connectivity index (χ2v) is 3.44. The zero-order valence-electron chi connectivity index (χ0n) is 6.43. The van der Waals surface area contributed by atoms with Crippen molar-refractivity contribution in [2.75, 3.05) is 0 Å². The van der Waals surface area contributed by atoms with Crippen molar-refractivity contribution in [3.63, 3.8) is 0 Å². The first-order chi connectivity index (χ1) is 4.63. The molecule has 0 N–H and O–H groups in total. The Balaban J connectivity index is 3.05. The van der Waals surface area contributed by atoms with Crippen LogP contribution in [0, 0.1) is 0 Å². The van der Waals surface area contributed by atoms with Gasteiger partial charge in [-0.05, 0) is 21.8 Å². The van der Waals surface area contributed by atoms with Gasteiger partial charge < -0.3 is 4.57 Å². The molecule has 0 radical (unpaired) electrons. The van der Waals surface area contributed by atoms with E-state index in [1.807, 2.05) is 17.9 Å². The third-order valence-corrected chi connectivity index (χ3v) is 2.40. The van der Waals surface area contributed by atoms with E-state index in [-0.39, 0.29) is 0 Å². The van der Waals surface area contributed by atoms with Crippen molar-refractivity contribution in [2.45, 2.75) is 19.8 Å². The number of nitrogens with zero attached hydrogens (tertiary/aromatic N) is 2.